The molecule has 0 radical (unpaired) electrons. The maximum absolute atomic E-state index is 8.64. The number of oxime groups is 1. The Bertz CT molecular complexity index is 373. The van der Waals surface area contributed by atoms with Crippen LogP contribution in [0.15, 0.2) is 27.8 Å². The number of nitrogens with two attached hydrogens (primary N) is 1. The zero-order valence-corrected chi connectivity index (χ0v) is 11.0. The van der Waals surface area contributed by atoms with E-state index in [0.29, 0.717) is 0 Å². The van der Waals surface area contributed by atoms with Crippen LogP contribution >= 0.6 is 15.9 Å². The number of halogens is 1. The molecule has 0 saturated heterocycles. The minimum absolute atomic E-state index is 0.154. The monoisotopic (exact) mass is 285 g/mol. The lowest BCUT2D eigenvalue weighted by molar-refractivity contribution is 0.316. The van der Waals surface area contributed by atoms with Crippen molar-refractivity contribution < 1.29 is 5.21 Å². The lowest BCUT2D eigenvalue weighted by Gasteiger charge is -2.17. The quantitative estimate of drug-likeness (QED) is 0.345. The molecule has 4 nitrogen and oxygen atoms in total. The molecule has 88 valence electrons. The summed E-state index contributed by atoms with van der Waals surface area (Å²) in [6, 6.07) is 5.84. The lowest BCUT2D eigenvalue weighted by Crippen LogP contribution is -2.35. The Kier molecular flexibility index (Phi) is 4.61. The highest BCUT2D eigenvalue weighted by molar-refractivity contribution is 9.10. The first-order valence-electron chi connectivity index (χ1n) is 5.08. The van der Waals surface area contributed by atoms with Gasteiger partial charge in [0.25, 0.3) is 0 Å². The normalized spacial score (nSPS) is 13.6. The Balaban J connectivity index is 2.86. The van der Waals surface area contributed by atoms with E-state index in [-0.39, 0.29) is 11.9 Å². The SMILES string of the molecule is CCC(Nc1cc(C)cc(Br)c1)/C(N)=N/O. The van der Waals surface area contributed by atoms with Crippen molar-refractivity contribution in [3.05, 3.63) is 28.2 Å². The summed E-state index contributed by atoms with van der Waals surface area (Å²) in [6.45, 7) is 3.99. The molecule has 0 bridgehead atoms. The summed E-state index contributed by atoms with van der Waals surface area (Å²) in [6.07, 6.45) is 0.751. The molecule has 1 unspecified atom stereocenters. The van der Waals surface area contributed by atoms with Gasteiger partial charge in [-0.15, -0.1) is 0 Å². The number of anilines is 1. The van der Waals surface area contributed by atoms with E-state index < -0.39 is 0 Å². The summed E-state index contributed by atoms with van der Waals surface area (Å²) >= 11 is 3.43. The molecule has 5 heteroatoms. The first-order valence-corrected chi connectivity index (χ1v) is 5.87. The maximum atomic E-state index is 8.64. The van der Waals surface area contributed by atoms with E-state index in [0.717, 1.165) is 22.1 Å². The minimum Gasteiger partial charge on any atom is -0.409 e. The first kappa shape index (κ1) is 12.8. The smallest absolute Gasteiger partial charge is 0.161 e. The van der Waals surface area contributed by atoms with E-state index in [4.69, 9.17) is 10.9 Å². The third-order valence-corrected chi connectivity index (χ3v) is 2.72. The van der Waals surface area contributed by atoms with Crippen molar-refractivity contribution in [2.75, 3.05) is 5.32 Å². The van der Waals surface area contributed by atoms with Gasteiger partial charge in [-0.3, -0.25) is 0 Å². The highest BCUT2D eigenvalue weighted by atomic mass is 79.9. The number of nitrogens with one attached hydrogen (secondary N) is 1. The van der Waals surface area contributed by atoms with Gasteiger partial charge >= 0.3 is 0 Å². The van der Waals surface area contributed by atoms with Crippen molar-refractivity contribution in [1.82, 2.24) is 0 Å². The molecule has 1 aromatic carbocycles. The zero-order valence-electron chi connectivity index (χ0n) is 9.37. The fourth-order valence-electron chi connectivity index (χ4n) is 1.48. The summed E-state index contributed by atoms with van der Waals surface area (Å²) < 4.78 is 1.00. The standard InChI is InChI=1S/C11H16BrN3O/c1-3-10(11(13)15-16)14-9-5-7(2)4-8(12)6-9/h4-6,10,14,16H,3H2,1-2H3,(H2,13,15). The van der Waals surface area contributed by atoms with E-state index >= 15 is 0 Å². The molecule has 1 atom stereocenters. The van der Waals surface area contributed by atoms with E-state index in [1.54, 1.807) is 0 Å². The molecule has 0 aliphatic rings. The van der Waals surface area contributed by atoms with Crippen LogP contribution < -0.4 is 11.1 Å². The number of nitrogens with zero attached hydrogens (tertiary/aromatic N) is 1. The van der Waals surface area contributed by atoms with Crippen molar-refractivity contribution in [2.45, 2.75) is 26.3 Å². The molecule has 0 fully saturated rings. The molecule has 0 heterocycles. The van der Waals surface area contributed by atoms with E-state index in [2.05, 4.69) is 26.4 Å². The topological polar surface area (TPSA) is 70.6 Å². The zero-order chi connectivity index (χ0) is 12.1. The summed E-state index contributed by atoms with van der Waals surface area (Å²) in [4.78, 5) is 0. The molecule has 0 aromatic heterocycles. The summed E-state index contributed by atoms with van der Waals surface area (Å²) in [5.74, 6) is 0.195. The van der Waals surface area contributed by atoms with Crippen molar-refractivity contribution in [3.8, 4) is 0 Å². The number of aryl methyl sites for hydroxylation is 1. The Morgan fingerprint density at radius 3 is 2.75 bits per heavy atom. The van der Waals surface area contributed by atoms with Crippen LogP contribution in [0.4, 0.5) is 5.69 Å². The van der Waals surface area contributed by atoms with Gasteiger partial charge in [0.15, 0.2) is 5.84 Å². The average Bonchev–Trinajstić information content (AvgIpc) is 2.23. The van der Waals surface area contributed by atoms with Crippen LogP contribution in [0.25, 0.3) is 0 Å². The molecule has 0 aliphatic heterocycles. The van der Waals surface area contributed by atoms with Crippen molar-refractivity contribution in [3.63, 3.8) is 0 Å². The van der Waals surface area contributed by atoms with E-state index in [1.165, 1.54) is 0 Å². The number of hydrogen-bond donors (Lipinski definition) is 3. The van der Waals surface area contributed by atoms with Crippen molar-refractivity contribution in [1.29, 1.82) is 0 Å². The predicted octanol–water partition coefficient (Wildman–Crippen LogP) is 2.69. The molecule has 0 saturated carbocycles. The van der Waals surface area contributed by atoms with Crippen LogP contribution in [-0.4, -0.2) is 17.1 Å². The van der Waals surface area contributed by atoms with Gasteiger partial charge < -0.3 is 16.3 Å². The van der Waals surface area contributed by atoms with Crippen molar-refractivity contribution >= 4 is 27.5 Å². The molecule has 1 aromatic rings. The number of benzene rings is 1. The maximum Gasteiger partial charge on any atom is 0.161 e. The second-order valence-electron chi connectivity index (χ2n) is 3.65. The fourth-order valence-corrected chi connectivity index (χ4v) is 2.08. The van der Waals surface area contributed by atoms with Gasteiger partial charge in [-0.05, 0) is 37.1 Å². The Morgan fingerprint density at radius 2 is 2.25 bits per heavy atom. The summed E-state index contributed by atoms with van der Waals surface area (Å²) in [5, 5.41) is 14.9. The summed E-state index contributed by atoms with van der Waals surface area (Å²) in [7, 11) is 0. The highest BCUT2D eigenvalue weighted by Gasteiger charge is 2.11. The van der Waals surface area contributed by atoms with Gasteiger partial charge in [0.1, 0.15) is 0 Å². The number of amidine groups is 1. The Labute approximate surface area is 104 Å². The van der Waals surface area contributed by atoms with Crippen LogP contribution in [-0.2, 0) is 0 Å². The Hall–Kier alpha value is -1.23. The molecule has 0 amide bonds. The summed E-state index contributed by atoms with van der Waals surface area (Å²) in [5.41, 5.74) is 7.67. The number of rotatable bonds is 4. The molecule has 16 heavy (non-hydrogen) atoms. The van der Waals surface area contributed by atoms with Crippen LogP contribution in [0.3, 0.4) is 0 Å². The Morgan fingerprint density at radius 1 is 1.56 bits per heavy atom. The molecule has 0 aliphatic carbocycles. The minimum atomic E-state index is -0.154. The van der Waals surface area contributed by atoms with Crippen LogP contribution in [0.5, 0.6) is 0 Å². The average molecular weight is 286 g/mol. The molecular weight excluding hydrogens is 270 g/mol. The van der Waals surface area contributed by atoms with Crippen LogP contribution in [0.2, 0.25) is 0 Å². The van der Waals surface area contributed by atoms with Crippen LogP contribution in [0, 0.1) is 6.92 Å². The highest BCUT2D eigenvalue weighted by Crippen LogP contribution is 2.20. The van der Waals surface area contributed by atoms with E-state index in [1.807, 2.05) is 32.0 Å². The van der Waals surface area contributed by atoms with Gasteiger partial charge in [-0.1, -0.05) is 28.0 Å². The first-order chi connectivity index (χ1) is 7.56. The second-order valence-corrected chi connectivity index (χ2v) is 4.56. The molecular formula is C11H16BrN3O. The van der Waals surface area contributed by atoms with Gasteiger partial charge in [-0.2, -0.15) is 0 Å². The van der Waals surface area contributed by atoms with Gasteiger partial charge in [-0.25, -0.2) is 0 Å². The second kappa shape index (κ2) is 5.75. The lowest BCUT2D eigenvalue weighted by atomic mass is 10.1. The van der Waals surface area contributed by atoms with Gasteiger partial charge in [0.2, 0.25) is 0 Å². The predicted molar refractivity (Wildman–Crippen MR) is 70.0 cm³/mol. The number of hydrogen-bond acceptors (Lipinski definition) is 3. The largest absolute Gasteiger partial charge is 0.409 e. The molecule has 4 N–H and O–H groups in total. The van der Waals surface area contributed by atoms with Crippen LogP contribution in [0.1, 0.15) is 18.9 Å². The van der Waals surface area contributed by atoms with Gasteiger partial charge in [0, 0.05) is 10.2 Å². The third kappa shape index (κ3) is 3.41. The molecule has 0 spiro atoms. The third-order valence-electron chi connectivity index (χ3n) is 2.26. The van der Waals surface area contributed by atoms with E-state index in [9.17, 15) is 0 Å². The van der Waals surface area contributed by atoms with Gasteiger partial charge in [0.05, 0.1) is 6.04 Å². The van der Waals surface area contributed by atoms with Crippen molar-refractivity contribution in [2.24, 2.45) is 10.9 Å². The molecule has 1 rings (SSSR count). The fraction of sp³-hybridized carbons (Fsp3) is 0.364.